The van der Waals surface area contributed by atoms with E-state index in [9.17, 15) is 0 Å². The van der Waals surface area contributed by atoms with E-state index in [1.165, 1.54) is 60.9 Å². The highest BCUT2D eigenvalue weighted by atomic mass is 15.0. The number of hydrogen-bond acceptors (Lipinski definition) is 0. The second kappa shape index (κ2) is 6.95. The van der Waals surface area contributed by atoms with E-state index in [0.717, 1.165) is 0 Å². The lowest BCUT2D eigenvalue weighted by atomic mass is 9.81. The monoisotopic (exact) mass is 435 g/mol. The van der Waals surface area contributed by atoms with E-state index < -0.39 is 0 Å². The van der Waals surface area contributed by atoms with E-state index in [0.29, 0.717) is 0 Å². The molecule has 0 spiro atoms. The largest absolute Gasteiger partial charge is 0.309 e. The molecule has 0 atom stereocenters. The van der Waals surface area contributed by atoms with Crippen LogP contribution in [0.1, 0.15) is 25.0 Å². The zero-order valence-electron chi connectivity index (χ0n) is 19.4. The topological polar surface area (TPSA) is 4.93 Å². The summed E-state index contributed by atoms with van der Waals surface area (Å²) in [7, 11) is 0. The molecule has 0 fully saturated rings. The number of benzene rings is 5. The van der Waals surface area contributed by atoms with Crippen molar-refractivity contribution in [3.05, 3.63) is 126 Å². The normalized spacial score (nSPS) is 13.8. The first kappa shape index (κ1) is 19.4. The molecule has 1 heteroatoms. The highest BCUT2D eigenvalue weighted by Gasteiger charge is 2.35. The van der Waals surface area contributed by atoms with Gasteiger partial charge in [0.15, 0.2) is 0 Å². The first-order chi connectivity index (χ1) is 16.6. The zero-order chi connectivity index (χ0) is 22.9. The molecule has 0 bridgehead atoms. The molecule has 1 aromatic heterocycles. The molecule has 5 aromatic carbocycles. The first-order valence-electron chi connectivity index (χ1n) is 12.0. The van der Waals surface area contributed by atoms with Crippen molar-refractivity contribution in [2.75, 3.05) is 0 Å². The van der Waals surface area contributed by atoms with Crippen LogP contribution in [0.2, 0.25) is 0 Å². The van der Waals surface area contributed by atoms with Gasteiger partial charge >= 0.3 is 0 Å². The van der Waals surface area contributed by atoms with Gasteiger partial charge in [-0.15, -0.1) is 0 Å². The van der Waals surface area contributed by atoms with Crippen LogP contribution in [0.4, 0.5) is 0 Å². The van der Waals surface area contributed by atoms with E-state index in [1.807, 2.05) is 0 Å². The number of aromatic nitrogens is 1. The fourth-order valence-corrected chi connectivity index (χ4v) is 5.89. The van der Waals surface area contributed by atoms with Gasteiger partial charge in [0.1, 0.15) is 0 Å². The number of hydrogen-bond donors (Lipinski definition) is 0. The van der Waals surface area contributed by atoms with Crippen LogP contribution in [0.3, 0.4) is 0 Å². The molecule has 162 valence electrons. The maximum atomic E-state index is 2.41. The lowest BCUT2D eigenvalue weighted by Crippen LogP contribution is -2.14. The van der Waals surface area contributed by atoms with E-state index in [1.54, 1.807) is 0 Å². The summed E-state index contributed by atoms with van der Waals surface area (Å²) in [5.41, 5.74) is 11.8. The Morgan fingerprint density at radius 2 is 1.15 bits per heavy atom. The summed E-state index contributed by atoms with van der Waals surface area (Å²) in [6, 6.07) is 42.1. The van der Waals surface area contributed by atoms with Crippen LogP contribution in [0.15, 0.2) is 115 Å². The van der Waals surface area contributed by atoms with Crippen molar-refractivity contribution in [1.29, 1.82) is 0 Å². The van der Waals surface area contributed by atoms with Gasteiger partial charge in [-0.3, -0.25) is 0 Å². The summed E-state index contributed by atoms with van der Waals surface area (Å²) in [5.74, 6) is 0. The molecule has 0 amide bonds. The van der Waals surface area contributed by atoms with Crippen LogP contribution in [-0.2, 0) is 5.41 Å². The van der Waals surface area contributed by atoms with Gasteiger partial charge in [0.05, 0.1) is 11.0 Å². The summed E-state index contributed by atoms with van der Waals surface area (Å²) in [5, 5.41) is 2.58. The maximum Gasteiger partial charge on any atom is 0.0541 e. The summed E-state index contributed by atoms with van der Waals surface area (Å²) in [6.45, 7) is 4.69. The summed E-state index contributed by atoms with van der Waals surface area (Å²) in [6.07, 6.45) is 0. The van der Waals surface area contributed by atoms with Crippen molar-refractivity contribution in [1.82, 2.24) is 4.57 Å². The molecule has 0 unspecified atom stereocenters. The second-order valence-electron chi connectivity index (χ2n) is 9.85. The van der Waals surface area contributed by atoms with Gasteiger partial charge in [-0.2, -0.15) is 0 Å². The fraction of sp³-hybridized carbons (Fsp3) is 0.0909. The van der Waals surface area contributed by atoms with E-state index >= 15 is 0 Å². The molecular weight excluding hydrogens is 410 g/mol. The average molecular weight is 436 g/mol. The van der Waals surface area contributed by atoms with Gasteiger partial charge in [-0.05, 0) is 69.8 Å². The molecule has 1 aliphatic rings. The molecule has 34 heavy (non-hydrogen) atoms. The van der Waals surface area contributed by atoms with Crippen LogP contribution >= 0.6 is 0 Å². The van der Waals surface area contributed by atoms with Crippen LogP contribution in [0.5, 0.6) is 0 Å². The van der Waals surface area contributed by atoms with E-state index in [2.05, 4.69) is 134 Å². The number of para-hydroxylation sites is 2. The Balaban J connectivity index is 1.44. The van der Waals surface area contributed by atoms with Crippen molar-refractivity contribution in [3.63, 3.8) is 0 Å². The van der Waals surface area contributed by atoms with Crippen LogP contribution in [-0.4, -0.2) is 4.57 Å². The molecule has 0 saturated carbocycles. The standard InChI is InChI=1S/C33H25N/c1-33(2)29-14-8-6-12-25(29)26-18-16-23(21-30(26)33)22-17-19-32-28(20-22)27-13-7-9-15-31(27)34(32)24-10-4-3-5-11-24/h3-21H,1-2H3. The second-order valence-corrected chi connectivity index (χ2v) is 9.85. The smallest absolute Gasteiger partial charge is 0.0541 e. The van der Waals surface area contributed by atoms with Gasteiger partial charge < -0.3 is 4.57 Å². The molecule has 1 nitrogen and oxygen atoms in total. The van der Waals surface area contributed by atoms with Crippen molar-refractivity contribution < 1.29 is 0 Å². The molecule has 6 aromatic rings. The molecule has 0 N–H and O–H groups in total. The van der Waals surface area contributed by atoms with Crippen molar-refractivity contribution in [2.45, 2.75) is 19.3 Å². The average Bonchev–Trinajstić information content (AvgIpc) is 3.33. The Morgan fingerprint density at radius 1 is 0.500 bits per heavy atom. The van der Waals surface area contributed by atoms with Gasteiger partial charge in [0.25, 0.3) is 0 Å². The number of fused-ring (bicyclic) bond motifs is 6. The van der Waals surface area contributed by atoms with Crippen molar-refractivity contribution >= 4 is 21.8 Å². The van der Waals surface area contributed by atoms with E-state index in [4.69, 9.17) is 0 Å². The molecule has 0 aliphatic heterocycles. The van der Waals surface area contributed by atoms with Crippen molar-refractivity contribution in [2.24, 2.45) is 0 Å². The molecule has 1 heterocycles. The van der Waals surface area contributed by atoms with Crippen LogP contribution < -0.4 is 0 Å². The Morgan fingerprint density at radius 3 is 2.03 bits per heavy atom. The fourth-order valence-electron chi connectivity index (χ4n) is 5.89. The van der Waals surface area contributed by atoms with Crippen molar-refractivity contribution in [3.8, 4) is 27.9 Å². The predicted octanol–water partition coefficient (Wildman–Crippen LogP) is 8.76. The SMILES string of the molecule is CC1(C)c2ccccc2-c2ccc(-c3ccc4c(c3)c3ccccc3n4-c3ccccc3)cc21. The quantitative estimate of drug-likeness (QED) is 0.256. The Bertz CT molecular complexity index is 1720. The molecular formula is C33H25N. The summed E-state index contributed by atoms with van der Waals surface area (Å²) >= 11 is 0. The molecule has 0 saturated heterocycles. The highest BCUT2D eigenvalue weighted by molar-refractivity contribution is 6.10. The lowest BCUT2D eigenvalue weighted by Gasteiger charge is -2.22. The Hall–Kier alpha value is -4.10. The number of nitrogens with zero attached hydrogens (tertiary/aromatic N) is 1. The Kier molecular flexibility index (Phi) is 3.96. The third kappa shape index (κ3) is 2.61. The Labute approximate surface area is 199 Å². The minimum atomic E-state index is 0.00930. The molecule has 0 radical (unpaired) electrons. The predicted molar refractivity (Wildman–Crippen MR) is 144 cm³/mol. The number of rotatable bonds is 2. The minimum Gasteiger partial charge on any atom is -0.309 e. The summed E-state index contributed by atoms with van der Waals surface area (Å²) in [4.78, 5) is 0. The maximum absolute atomic E-state index is 2.41. The van der Waals surface area contributed by atoms with Crippen LogP contribution in [0.25, 0.3) is 49.7 Å². The highest BCUT2D eigenvalue weighted by Crippen LogP contribution is 2.49. The van der Waals surface area contributed by atoms with Gasteiger partial charge in [0.2, 0.25) is 0 Å². The van der Waals surface area contributed by atoms with Gasteiger partial charge in [-0.1, -0.05) is 92.7 Å². The van der Waals surface area contributed by atoms with Crippen LogP contribution in [0, 0.1) is 0 Å². The molecule has 7 rings (SSSR count). The van der Waals surface area contributed by atoms with Gasteiger partial charge in [0, 0.05) is 21.9 Å². The third-order valence-electron chi connectivity index (χ3n) is 7.60. The van der Waals surface area contributed by atoms with Gasteiger partial charge in [-0.25, -0.2) is 0 Å². The first-order valence-corrected chi connectivity index (χ1v) is 12.0. The lowest BCUT2D eigenvalue weighted by molar-refractivity contribution is 0.660. The zero-order valence-corrected chi connectivity index (χ0v) is 19.4. The molecule has 1 aliphatic carbocycles. The van der Waals surface area contributed by atoms with E-state index in [-0.39, 0.29) is 5.41 Å². The summed E-state index contributed by atoms with van der Waals surface area (Å²) < 4.78 is 2.37. The third-order valence-corrected chi connectivity index (χ3v) is 7.60. The minimum absolute atomic E-state index is 0.00930.